The van der Waals surface area contributed by atoms with Gasteiger partial charge in [-0.05, 0) is 37.6 Å². The molecule has 0 saturated heterocycles. The number of aromatic amines is 1. The lowest BCUT2D eigenvalue weighted by Crippen LogP contribution is -2.34. The lowest BCUT2D eigenvalue weighted by molar-refractivity contribution is -0.122. The summed E-state index contributed by atoms with van der Waals surface area (Å²) < 4.78 is 3.26. The smallest absolute Gasteiger partial charge is 0.329 e. The number of carbonyl (C=O) groups is 1. The number of imidazole rings is 2. The maximum absolute atomic E-state index is 12.8. The van der Waals surface area contributed by atoms with Gasteiger partial charge in [0.2, 0.25) is 5.91 Å². The van der Waals surface area contributed by atoms with Crippen molar-refractivity contribution in [3.8, 4) is 0 Å². The quantitative estimate of drug-likeness (QED) is 0.542. The van der Waals surface area contributed by atoms with E-state index in [0.29, 0.717) is 12.4 Å². The molecular formula is C21H23N5O2. The molecule has 4 aromatic rings. The molecule has 0 aliphatic carbocycles. The summed E-state index contributed by atoms with van der Waals surface area (Å²) in [5.41, 5.74) is 3.25. The predicted octanol–water partition coefficient (Wildman–Crippen LogP) is 2.97. The van der Waals surface area contributed by atoms with Gasteiger partial charge in [-0.3, -0.25) is 13.9 Å². The summed E-state index contributed by atoms with van der Waals surface area (Å²) >= 11 is 0. The molecule has 0 fully saturated rings. The van der Waals surface area contributed by atoms with Gasteiger partial charge in [-0.25, -0.2) is 9.78 Å². The molecule has 7 nitrogen and oxygen atoms in total. The molecule has 2 N–H and O–H groups in total. The Morgan fingerprint density at radius 2 is 1.79 bits per heavy atom. The third-order valence-corrected chi connectivity index (χ3v) is 4.87. The van der Waals surface area contributed by atoms with Crippen molar-refractivity contribution in [3.63, 3.8) is 0 Å². The van der Waals surface area contributed by atoms with Crippen molar-refractivity contribution in [2.75, 3.05) is 0 Å². The van der Waals surface area contributed by atoms with Crippen LogP contribution in [0, 0.1) is 0 Å². The second kappa shape index (κ2) is 7.34. The standard InChI is InChI=1S/C21H23N5O2/c1-3-12-25-17-10-6-7-11-18(17)26(21(25)28)13-19(27)22-14(2)20-23-15-8-4-5-9-16(15)24-20/h4-11,14H,3,12-13H2,1-2H3,(H,22,27)(H,23,24)/t14-/m0/s1. The fraction of sp³-hybridized carbons (Fsp3) is 0.286. The van der Waals surface area contributed by atoms with Gasteiger partial charge in [0.15, 0.2) is 0 Å². The van der Waals surface area contributed by atoms with Crippen molar-refractivity contribution >= 4 is 28.0 Å². The summed E-state index contributed by atoms with van der Waals surface area (Å²) in [7, 11) is 0. The minimum absolute atomic E-state index is 0.0272. The van der Waals surface area contributed by atoms with Gasteiger partial charge in [0.05, 0.1) is 28.1 Å². The summed E-state index contributed by atoms with van der Waals surface area (Å²) in [6.45, 7) is 4.50. The van der Waals surface area contributed by atoms with Crippen molar-refractivity contribution < 1.29 is 4.79 Å². The number of nitrogens with one attached hydrogen (secondary N) is 2. The van der Waals surface area contributed by atoms with Gasteiger partial charge < -0.3 is 10.3 Å². The molecular weight excluding hydrogens is 354 g/mol. The first-order valence-corrected chi connectivity index (χ1v) is 9.50. The highest BCUT2D eigenvalue weighted by atomic mass is 16.2. The highest BCUT2D eigenvalue weighted by molar-refractivity contribution is 5.81. The van der Waals surface area contributed by atoms with E-state index in [2.05, 4.69) is 15.3 Å². The molecule has 28 heavy (non-hydrogen) atoms. The van der Waals surface area contributed by atoms with Crippen molar-refractivity contribution in [3.05, 3.63) is 64.8 Å². The normalized spacial score (nSPS) is 12.5. The number of nitrogens with zero attached hydrogens (tertiary/aromatic N) is 3. The molecule has 2 aromatic carbocycles. The van der Waals surface area contributed by atoms with Crippen molar-refractivity contribution in [1.29, 1.82) is 0 Å². The predicted molar refractivity (Wildman–Crippen MR) is 109 cm³/mol. The molecule has 0 aliphatic rings. The fourth-order valence-electron chi connectivity index (χ4n) is 3.54. The van der Waals surface area contributed by atoms with Crippen LogP contribution < -0.4 is 11.0 Å². The van der Waals surface area contributed by atoms with Gasteiger partial charge in [-0.2, -0.15) is 0 Å². The first-order valence-electron chi connectivity index (χ1n) is 9.50. The van der Waals surface area contributed by atoms with Crippen molar-refractivity contribution in [2.45, 2.75) is 39.4 Å². The van der Waals surface area contributed by atoms with E-state index in [1.54, 1.807) is 4.57 Å². The molecule has 0 aliphatic heterocycles. The number of benzene rings is 2. The Morgan fingerprint density at radius 1 is 1.11 bits per heavy atom. The lowest BCUT2D eigenvalue weighted by atomic mass is 10.3. The zero-order valence-corrected chi connectivity index (χ0v) is 16.0. The van der Waals surface area contributed by atoms with E-state index >= 15 is 0 Å². The molecule has 2 aromatic heterocycles. The van der Waals surface area contributed by atoms with Crippen molar-refractivity contribution in [2.24, 2.45) is 0 Å². The number of fused-ring (bicyclic) bond motifs is 2. The first kappa shape index (κ1) is 18.0. The van der Waals surface area contributed by atoms with Crippen LogP contribution in [0.2, 0.25) is 0 Å². The number of hydrogen-bond acceptors (Lipinski definition) is 3. The Kier molecular flexibility index (Phi) is 4.73. The van der Waals surface area contributed by atoms with Crippen LogP contribution in [0.5, 0.6) is 0 Å². The number of rotatable bonds is 6. The summed E-state index contributed by atoms with van der Waals surface area (Å²) in [6.07, 6.45) is 0.850. The molecule has 4 rings (SSSR count). The van der Waals surface area contributed by atoms with Crippen LogP contribution >= 0.6 is 0 Å². The van der Waals surface area contributed by atoms with Gasteiger partial charge in [-0.1, -0.05) is 31.2 Å². The van der Waals surface area contributed by atoms with Crippen LogP contribution in [0.4, 0.5) is 0 Å². The monoisotopic (exact) mass is 377 g/mol. The van der Waals surface area contributed by atoms with E-state index in [-0.39, 0.29) is 24.2 Å². The first-order chi connectivity index (χ1) is 13.6. The highest BCUT2D eigenvalue weighted by Gasteiger charge is 2.17. The third kappa shape index (κ3) is 3.19. The Hall–Kier alpha value is -3.35. The number of amides is 1. The fourth-order valence-corrected chi connectivity index (χ4v) is 3.54. The van der Waals surface area contributed by atoms with E-state index in [4.69, 9.17) is 0 Å². The molecule has 1 atom stereocenters. The zero-order valence-electron chi connectivity index (χ0n) is 16.0. The van der Waals surface area contributed by atoms with E-state index in [9.17, 15) is 9.59 Å². The molecule has 0 unspecified atom stereocenters. The minimum atomic E-state index is -0.292. The molecule has 1 amide bonds. The maximum Gasteiger partial charge on any atom is 0.329 e. The Morgan fingerprint density at radius 3 is 2.50 bits per heavy atom. The number of para-hydroxylation sites is 4. The van der Waals surface area contributed by atoms with Crippen LogP contribution in [0.1, 0.15) is 32.1 Å². The molecule has 0 saturated carbocycles. The number of carbonyl (C=O) groups excluding carboxylic acids is 1. The van der Waals surface area contributed by atoms with Crippen LogP contribution in [0.15, 0.2) is 53.3 Å². The summed E-state index contributed by atoms with van der Waals surface area (Å²) in [5, 5.41) is 2.94. The van der Waals surface area contributed by atoms with Crippen LogP contribution in [-0.4, -0.2) is 25.0 Å². The molecule has 7 heteroatoms. The van der Waals surface area contributed by atoms with E-state index in [1.165, 1.54) is 4.57 Å². The molecule has 144 valence electrons. The topological polar surface area (TPSA) is 84.7 Å². The number of aryl methyl sites for hydroxylation is 1. The molecule has 0 radical (unpaired) electrons. The lowest BCUT2D eigenvalue weighted by Gasteiger charge is -2.12. The van der Waals surface area contributed by atoms with Crippen LogP contribution in [0.25, 0.3) is 22.1 Å². The number of hydrogen-bond donors (Lipinski definition) is 2. The van der Waals surface area contributed by atoms with E-state index in [1.807, 2.05) is 62.4 Å². The Labute approximate surface area is 162 Å². The van der Waals surface area contributed by atoms with Crippen LogP contribution in [0.3, 0.4) is 0 Å². The summed E-state index contributed by atoms with van der Waals surface area (Å²) in [6, 6.07) is 15.0. The van der Waals surface area contributed by atoms with Crippen LogP contribution in [-0.2, 0) is 17.9 Å². The highest BCUT2D eigenvalue weighted by Crippen LogP contribution is 2.16. The summed E-state index contributed by atoms with van der Waals surface area (Å²) in [5.74, 6) is 0.463. The SMILES string of the molecule is CCCn1c(=O)n(CC(=O)N[C@@H](C)c2nc3ccccc3[nH]2)c2ccccc21. The molecule has 0 spiro atoms. The van der Waals surface area contributed by atoms with Gasteiger partial charge in [0.25, 0.3) is 0 Å². The Bertz CT molecular complexity index is 1170. The van der Waals surface area contributed by atoms with E-state index < -0.39 is 0 Å². The van der Waals surface area contributed by atoms with Gasteiger partial charge in [0.1, 0.15) is 12.4 Å². The number of H-pyrrole nitrogens is 1. The Balaban J connectivity index is 1.57. The van der Waals surface area contributed by atoms with Gasteiger partial charge in [0, 0.05) is 6.54 Å². The van der Waals surface area contributed by atoms with Gasteiger partial charge in [-0.15, -0.1) is 0 Å². The average Bonchev–Trinajstić information content (AvgIpc) is 3.24. The van der Waals surface area contributed by atoms with E-state index in [0.717, 1.165) is 28.5 Å². The largest absolute Gasteiger partial charge is 0.345 e. The molecule has 2 heterocycles. The average molecular weight is 377 g/mol. The number of aromatic nitrogens is 4. The maximum atomic E-state index is 12.8. The second-order valence-electron chi connectivity index (χ2n) is 6.94. The summed E-state index contributed by atoms with van der Waals surface area (Å²) in [4.78, 5) is 33.2. The zero-order chi connectivity index (χ0) is 19.7. The van der Waals surface area contributed by atoms with Crippen molar-refractivity contribution in [1.82, 2.24) is 24.4 Å². The third-order valence-electron chi connectivity index (χ3n) is 4.87. The second-order valence-corrected chi connectivity index (χ2v) is 6.94. The minimum Gasteiger partial charge on any atom is -0.345 e. The molecule has 0 bridgehead atoms. The van der Waals surface area contributed by atoms with Gasteiger partial charge >= 0.3 is 5.69 Å².